The van der Waals surface area contributed by atoms with E-state index in [4.69, 9.17) is 0 Å². The highest BCUT2D eigenvalue weighted by atomic mass is 32.2. The first-order valence-electron chi connectivity index (χ1n) is 5.96. The lowest BCUT2D eigenvalue weighted by atomic mass is 9.81. The van der Waals surface area contributed by atoms with E-state index in [1.165, 1.54) is 4.90 Å². The van der Waals surface area contributed by atoms with Crippen molar-refractivity contribution in [1.29, 1.82) is 0 Å². The summed E-state index contributed by atoms with van der Waals surface area (Å²) in [5.41, 5.74) is -5.37. The van der Waals surface area contributed by atoms with Crippen LogP contribution in [0.2, 0.25) is 0 Å². The third kappa shape index (κ3) is 2.82. The molecule has 108 valence electrons. The molecular weight excluding hydrogens is 283 g/mol. The number of carboxylic acids is 1. The molecule has 1 heterocycles. The number of carbonyl (C=O) groups excluding carboxylic acids is 1. The maximum Gasteiger partial charge on any atom is 0.442 e. The van der Waals surface area contributed by atoms with E-state index in [0.29, 0.717) is 6.42 Å². The molecule has 1 aliphatic heterocycles. The molecule has 2 aliphatic rings. The third-order valence-electron chi connectivity index (χ3n) is 4.01. The van der Waals surface area contributed by atoms with Gasteiger partial charge in [0.25, 0.3) is 0 Å². The number of carbonyl (C=O) groups is 2. The van der Waals surface area contributed by atoms with E-state index in [9.17, 15) is 27.9 Å². The second-order valence-corrected chi connectivity index (χ2v) is 6.10. The molecule has 1 amide bonds. The van der Waals surface area contributed by atoms with Crippen molar-refractivity contribution < 1.29 is 27.9 Å². The summed E-state index contributed by atoms with van der Waals surface area (Å²) in [7, 11) is 0. The van der Waals surface area contributed by atoms with E-state index in [2.05, 4.69) is 0 Å². The lowest BCUT2D eigenvalue weighted by Gasteiger charge is -2.23. The maximum atomic E-state index is 12.0. The van der Waals surface area contributed by atoms with Crippen molar-refractivity contribution in [3.63, 3.8) is 0 Å². The fraction of sp³-hybridized carbons (Fsp3) is 0.818. The standard InChI is InChI=1S/C11H14F3NO3S/c12-11(13,14)19-5-8(16)15-4-7-2-1-3-10(7,6-15)9(17)18/h7H,1-6H2,(H,17,18)/t7-,10+/m0/s1. The highest BCUT2D eigenvalue weighted by molar-refractivity contribution is 8.00. The zero-order valence-corrected chi connectivity index (χ0v) is 10.9. The SMILES string of the molecule is O=C(CSC(F)(F)F)N1C[C@@H]2CCC[C@@]2(C(=O)O)C1. The zero-order valence-electron chi connectivity index (χ0n) is 10.1. The van der Waals surface area contributed by atoms with Crippen LogP contribution in [0.5, 0.6) is 0 Å². The van der Waals surface area contributed by atoms with E-state index in [-0.39, 0.29) is 30.8 Å². The van der Waals surface area contributed by atoms with Gasteiger partial charge in [0, 0.05) is 13.1 Å². The molecule has 2 atom stereocenters. The van der Waals surface area contributed by atoms with E-state index in [0.717, 1.165) is 12.8 Å². The fourth-order valence-corrected chi connectivity index (χ4v) is 3.53. The number of thioether (sulfide) groups is 1. The predicted octanol–water partition coefficient (Wildman–Crippen LogP) is 1.95. The van der Waals surface area contributed by atoms with Gasteiger partial charge in [-0.1, -0.05) is 6.42 Å². The first kappa shape index (κ1) is 14.5. The number of halogens is 3. The van der Waals surface area contributed by atoms with Crippen LogP contribution in [0.4, 0.5) is 13.2 Å². The van der Waals surface area contributed by atoms with Gasteiger partial charge >= 0.3 is 11.5 Å². The quantitative estimate of drug-likeness (QED) is 0.865. The van der Waals surface area contributed by atoms with Crippen molar-refractivity contribution in [3.05, 3.63) is 0 Å². The van der Waals surface area contributed by atoms with Crippen molar-refractivity contribution in [2.75, 3.05) is 18.8 Å². The molecular formula is C11H14F3NO3S. The molecule has 8 heteroatoms. The van der Waals surface area contributed by atoms with Crippen LogP contribution < -0.4 is 0 Å². The Labute approximate surface area is 112 Å². The number of amides is 1. The molecule has 0 bridgehead atoms. The summed E-state index contributed by atoms with van der Waals surface area (Å²) < 4.78 is 36.1. The summed E-state index contributed by atoms with van der Waals surface area (Å²) in [6.07, 6.45) is 2.03. The number of nitrogens with zero attached hydrogens (tertiary/aromatic N) is 1. The fourth-order valence-electron chi connectivity index (χ4n) is 3.06. The third-order valence-corrected chi connectivity index (χ3v) is 4.73. The van der Waals surface area contributed by atoms with Crippen molar-refractivity contribution in [1.82, 2.24) is 4.90 Å². The second-order valence-electron chi connectivity index (χ2n) is 5.06. The number of hydrogen-bond acceptors (Lipinski definition) is 3. The van der Waals surface area contributed by atoms with Crippen LogP contribution in [-0.2, 0) is 9.59 Å². The number of rotatable bonds is 3. The predicted molar refractivity (Wildman–Crippen MR) is 62.5 cm³/mol. The molecule has 0 unspecified atom stereocenters. The minimum absolute atomic E-state index is 0.0459. The second kappa shape index (κ2) is 4.88. The smallest absolute Gasteiger partial charge is 0.442 e. The topological polar surface area (TPSA) is 57.6 Å². The maximum absolute atomic E-state index is 12.0. The highest BCUT2D eigenvalue weighted by Gasteiger charge is 2.55. The molecule has 1 aliphatic carbocycles. The number of alkyl halides is 3. The van der Waals surface area contributed by atoms with E-state index in [1.807, 2.05) is 0 Å². The van der Waals surface area contributed by atoms with Gasteiger partial charge in [0.2, 0.25) is 5.91 Å². The van der Waals surface area contributed by atoms with Crippen molar-refractivity contribution >= 4 is 23.6 Å². The Balaban J connectivity index is 1.98. The Hall–Kier alpha value is -0.920. The summed E-state index contributed by atoms with van der Waals surface area (Å²) in [4.78, 5) is 24.3. The van der Waals surface area contributed by atoms with Crippen LogP contribution in [0.25, 0.3) is 0 Å². The van der Waals surface area contributed by atoms with Crippen LogP contribution in [0, 0.1) is 11.3 Å². The van der Waals surface area contributed by atoms with E-state index < -0.39 is 28.6 Å². The minimum Gasteiger partial charge on any atom is -0.481 e. The molecule has 0 spiro atoms. The largest absolute Gasteiger partial charge is 0.481 e. The molecule has 0 aromatic heterocycles. The van der Waals surface area contributed by atoms with Crippen molar-refractivity contribution in [2.45, 2.75) is 24.8 Å². The minimum atomic E-state index is -4.43. The van der Waals surface area contributed by atoms with Gasteiger partial charge in [-0.05, 0) is 30.5 Å². The molecule has 4 nitrogen and oxygen atoms in total. The first-order chi connectivity index (χ1) is 8.74. The number of aliphatic carboxylic acids is 1. The number of fused-ring (bicyclic) bond motifs is 1. The average Bonchev–Trinajstić information content (AvgIpc) is 2.81. The summed E-state index contributed by atoms with van der Waals surface area (Å²) in [6, 6.07) is 0. The molecule has 2 fully saturated rings. The number of hydrogen-bond donors (Lipinski definition) is 1. The molecule has 1 saturated heterocycles. The van der Waals surface area contributed by atoms with E-state index in [1.54, 1.807) is 0 Å². The monoisotopic (exact) mass is 297 g/mol. The molecule has 19 heavy (non-hydrogen) atoms. The van der Waals surface area contributed by atoms with E-state index >= 15 is 0 Å². The lowest BCUT2D eigenvalue weighted by Crippen LogP contribution is -2.38. The summed E-state index contributed by atoms with van der Waals surface area (Å²) in [5.74, 6) is -2.36. The zero-order chi connectivity index (χ0) is 14.3. The van der Waals surface area contributed by atoms with Gasteiger partial charge in [-0.3, -0.25) is 9.59 Å². The summed E-state index contributed by atoms with van der Waals surface area (Å²) in [5, 5.41) is 9.31. The Morgan fingerprint density at radius 2 is 2.11 bits per heavy atom. The highest BCUT2D eigenvalue weighted by Crippen LogP contribution is 2.49. The number of carboxylic acid groups (broad SMARTS) is 1. The molecule has 0 aromatic rings. The number of likely N-dealkylation sites (tertiary alicyclic amines) is 1. The average molecular weight is 297 g/mol. The summed E-state index contributed by atoms with van der Waals surface area (Å²) in [6.45, 7) is 0.313. The molecule has 1 N–H and O–H groups in total. The Kier molecular flexibility index (Phi) is 3.72. The molecule has 2 rings (SSSR count). The van der Waals surface area contributed by atoms with Gasteiger partial charge in [0.05, 0.1) is 11.2 Å². The van der Waals surface area contributed by atoms with Gasteiger partial charge in [0.15, 0.2) is 0 Å². The Morgan fingerprint density at radius 3 is 2.63 bits per heavy atom. The Morgan fingerprint density at radius 1 is 1.42 bits per heavy atom. The van der Waals surface area contributed by atoms with Gasteiger partial charge in [-0.25, -0.2) is 0 Å². The van der Waals surface area contributed by atoms with Crippen LogP contribution in [0.1, 0.15) is 19.3 Å². The van der Waals surface area contributed by atoms with Gasteiger partial charge in [-0.15, -0.1) is 0 Å². The first-order valence-corrected chi connectivity index (χ1v) is 6.95. The van der Waals surface area contributed by atoms with Gasteiger partial charge < -0.3 is 10.0 Å². The van der Waals surface area contributed by atoms with Crippen molar-refractivity contribution in [2.24, 2.45) is 11.3 Å². The Bertz CT molecular complexity index is 401. The molecule has 0 radical (unpaired) electrons. The van der Waals surface area contributed by atoms with Crippen LogP contribution >= 0.6 is 11.8 Å². The lowest BCUT2D eigenvalue weighted by molar-refractivity contribution is -0.149. The molecule has 1 saturated carbocycles. The van der Waals surface area contributed by atoms with Crippen LogP contribution in [0.3, 0.4) is 0 Å². The van der Waals surface area contributed by atoms with Gasteiger partial charge in [-0.2, -0.15) is 13.2 Å². The van der Waals surface area contributed by atoms with Gasteiger partial charge in [0.1, 0.15) is 0 Å². The van der Waals surface area contributed by atoms with Crippen LogP contribution in [-0.4, -0.2) is 46.2 Å². The summed E-state index contributed by atoms with van der Waals surface area (Å²) >= 11 is -0.375. The van der Waals surface area contributed by atoms with Crippen LogP contribution in [0.15, 0.2) is 0 Å². The molecule has 0 aromatic carbocycles. The normalized spacial score (nSPS) is 30.5. The van der Waals surface area contributed by atoms with Crippen molar-refractivity contribution in [3.8, 4) is 0 Å².